The highest BCUT2D eigenvalue weighted by molar-refractivity contribution is 5.75. The van der Waals surface area contributed by atoms with Crippen LogP contribution in [0, 0.1) is 5.92 Å². The number of anilines is 2. The van der Waals surface area contributed by atoms with Crippen molar-refractivity contribution < 1.29 is 19.1 Å². The van der Waals surface area contributed by atoms with Crippen LogP contribution in [0.3, 0.4) is 0 Å². The minimum atomic E-state index is -0.466. The Balaban J connectivity index is 1.03. The lowest BCUT2D eigenvalue weighted by atomic mass is 9.91. The van der Waals surface area contributed by atoms with Gasteiger partial charge in [-0.05, 0) is 90.2 Å². The number of carbonyl (C=O) groups excluding carboxylic acids is 2. The first-order valence-electron chi connectivity index (χ1n) is 18.1. The smallest absolute Gasteiger partial charge is 0.410 e. The molecule has 2 amide bonds. The second-order valence-corrected chi connectivity index (χ2v) is 15.0. The third kappa shape index (κ3) is 7.44. The molecule has 262 valence electrons. The lowest BCUT2D eigenvalue weighted by Crippen LogP contribution is -2.41. The minimum Gasteiger partial charge on any atom is -0.444 e. The van der Waals surface area contributed by atoms with Gasteiger partial charge in [-0.1, -0.05) is 0 Å². The number of aromatic nitrogens is 5. The van der Waals surface area contributed by atoms with Crippen LogP contribution in [-0.4, -0.2) is 91.5 Å². The molecule has 4 aliphatic heterocycles. The lowest BCUT2D eigenvalue weighted by molar-refractivity contribution is -0.129. The molecule has 3 aromatic rings. The minimum absolute atomic E-state index is 0.0997. The third-order valence-corrected chi connectivity index (χ3v) is 10.4. The number of nitrogens with zero attached hydrogens (tertiary/aromatic N) is 8. The quantitative estimate of drug-likeness (QED) is 0.328. The van der Waals surface area contributed by atoms with Crippen LogP contribution in [-0.2, 0) is 40.1 Å². The maximum atomic E-state index is 12.4. The molecule has 0 unspecified atom stereocenters. The van der Waals surface area contributed by atoms with Gasteiger partial charge in [0.2, 0.25) is 5.91 Å². The molecule has 49 heavy (non-hydrogen) atoms. The average Bonchev–Trinajstić information content (AvgIpc) is 3.49. The second kappa shape index (κ2) is 14.0. The van der Waals surface area contributed by atoms with Crippen LogP contribution in [0.1, 0.15) is 94.9 Å². The van der Waals surface area contributed by atoms with Gasteiger partial charge in [0.05, 0.1) is 30.2 Å². The molecule has 12 nitrogen and oxygen atoms in total. The molecule has 0 N–H and O–H groups in total. The number of pyridine rings is 1. The summed E-state index contributed by atoms with van der Waals surface area (Å²) in [5.41, 5.74) is 5.93. The van der Waals surface area contributed by atoms with E-state index in [4.69, 9.17) is 29.5 Å². The molecule has 7 rings (SSSR count). The van der Waals surface area contributed by atoms with Crippen molar-refractivity contribution in [3.63, 3.8) is 0 Å². The zero-order chi connectivity index (χ0) is 34.1. The van der Waals surface area contributed by atoms with E-state index in [1.54, 1.807) is 6.92 Å². The first-order valence-corrected chi connectivity index (χ1v) is 18.1. The normalized spacial score (nSPS) is 19.1. The fraction of sp³-hybridized carbons (Fsp3) is 0.622. The number of ether oxygens (including phenoxy) is 2. The van der Waals surface area contributed by atoms with Gasteiger partial charge in [0.1, 0.15) is 5.60 Å². The molecule has 0 radical (unpaired) electrons. The zero-order valence-electron chi connectivity index (χ0n) is 29.5. The van der Waals surface area contributed by atoms with Crippen molar-refractivity contribution in [2.75, 3.05) is 44.3 Å². The zero-order valence-corrected chi connectivity index (χ0v) is 29.5. The van der Waals surface area contributed by atoms with Crippen molar-refractivity contribution in [3.05, 3.63) is 47.2 Å². The van der Waals surface area contributed by atoms with Crippen molar-refractivity contribution in [3.8, 4) is 11.4 Å². The molecule has 3 aromatic heterocycles. The summed E-state index contributed by atoms with van der Waals surface area (Å²) in [6.07, 6.45) is 12.1. The molecule has 0 bridgehead atoms. The number of likely N-dealkylation sites (tertiary alicyclic amines) is 1. The first kappa shape index (κ1) is 33.4. The highest BCUT2D eigenvalue weighted by Crippen LogP contribution is 2.39. The van der Waals surface area contributed by atoms with Crippen molar-refractivity contribution in [2.45, 2.75) is 104 Å². The molecule has 2 saturated heterocycles. The maximum Gasteiger partial charge on any atom is 0.410 e. The van der Waals surface area contributed by atoms with E-state index < -0.39 is 5.60 Å². The van der Waals surface area contributed by atoms with Crippen LogP contribution in [0.5, 0.6) is 0 Å². The largest absolute Gasteiger partial charge is 0.444 e. The van der Waals surface area contributed by atoms with Crippen LogP contribution >= 0.6 is 0 Å². The summed E-state index contributed by atoms with van der Waals surface area (Å²) in [4.78, 5) is 45.5. The van der Waals surface area contributed by atoms with E-state index >= 15 is 0 Å². The summed E-state index contributed by atoms with van der Waals surface area (Å²) in [7, 11) is 0. The summed E-state index contributed by atoms with van der Waals surface area (Å²) < 4.78 is 13.4. The number of amides is 2. The summed E-state index contributed by atoms with van der Waals surface area (Å²) in [5.74, 6) is 2.30. The molecular weight excluding hydrogens is 620 g/mol. The van der Waals surface area contributed by atoms with Gasteiger partial charge in [-0.2, -0.15) is 5.10 Å². The topological polar surface area (TPSA) is 119 Å². The van der Waals surface area contributed by atoms with Crippen molar-refractivity contribution >= 4 is 23.5 Å². The van der Waals surface area contributed by atoms with E-state index in [2.05, 4.69) is 21.7 Å². The SMILES string of the molecule is CC(=O)N1CCc2c(c(N3CCCc4nc(-c5ccc(CCC6CCN(C(=O)OC(C)(C)C)CC6)nc5)ncc43)nn2C2CCOCC2)C1. The monoisotopic (exact) mass is 670 g/mol. The number of fused-ring (bicyclic) bond motifs is 2. The van der Waals surface area contributed by atoms with Crippen LogP contribution in [0.15, 0.2) is 24.5 Å². The molecule has 0 saturated carbocycles. The molecule has 0 aliphatic carbocycles. The van der Waals surface area contributed by atoms with Gasteiger partial charge in [-0.3, -0.25) is 14.5 Å². The molecular formula is C37H50N8O4. The van der Waals surface area contributed by atoms with Gasteiger partial charge in [0, 0.05) is 81.4 Å². The number of rotatable bonds is 6. The van der Waals surface area contributed by atoms with Crippen molar-refractivity contribution in [1.29, 1.82) is 0 Å². The standard InChI is InChI=1S/C37H50N8O4/c1-25(46)43-19-13-32-30(24-43)35(41-45(32)29-14-20-48-21-15-29)44-16-5-6-31-33(44)23-39-34(40-31)27-8-10-28(38-22-27)9-7-26-11-17-42(18-12-26)36(47)49-37(2,3)4/h8,10,22-23,26,29H,5-7,9,11-21,24H2,1-4H3. The fourth-order valence-corrected chi connectivity index (χ4v) is 7.64. The van der Waals surface area contributed by atoms with Gasteiger partial charge in [-0.15, -0.1) is 0 Å². The Labute approximate surface area is 289 Å². The first-order chi connectivity index (χ1) is 23.6. The predicted molar refractivity (Wildman–Crippen MR) is 186 cm³/mol. The summed E-state index contributed by atoms with van der Waals surface area (Å²) >= 11 is 0. The Bertz CT molecular complexity index is 1650. The molecule has 0 atom stereocenters. The van der Waals surface area contributed by atoms with E-state index in [-0.39, 0.29) is 12.0 Å². The number of hydrogen-bond acceptors (Lipinski definition) is 9. The van der Waals surface area contributed by atoms with Crippen molar-refractivity contribution in [1.82, 2.24) is 34.5 Å². The number of aryl methyl sites for hydroxylation is 2. The molecule has 7 heterocycles. The summed E-state index contributed by atoms with van der Waals surface area (Å²) in [5, 5.41) is 5.26. The van der Waals surface area contributed by atoms with Gasteiger partial charge in [0.25, 0.3) is 0 Å². The van der Waals surface area contributed by atoms with E-state index in [1.807, 2.05) is 43.0 Å². The van der Waals surface area contributed by atoms with Gasteiger partial charge in [-0.25, -0.2) is 14.8 Å². The summed E-state index contributed by atoms with van der Waals surface area (Å²) in [6.45, 7) is 12.5. The molecule has 4 aliphatic rings. The number of carbonyl (C=O) groups is 2. The number of hydrogen-bond donors (Lipinski definition) is 0. The Morgan fingerprint density at radius 2 is 1.76 bits per heavy atom. The van der Waals surface area contributed by atoms with Gasteiger partial charge in [0.15, 0.2) is 11.6 Å². The molecule has 12 heteroatoms. The highest BCUT2D eigenvalue weighted by Gasteiger charge is 2.34. The molecule has 0 aromatic carbocycles. The van der Waals surface area contributed by atoms with Gasteiger partial charge < -0.3 is 24.2 Å². The fourth-order valence-electron chi connectivity index (χ4n) is 7.64. The lowest BCUT2D eigenvalue weighted by Gasteiger charge is -2.33. The maximum absolute atomic E-state index is 12.4. The highest BCUT2D eigenvalue weighted by atomic mass is 16.6. The third-order valence-electron chi connectivity index (χ3n) is 10.4. The van der Waals surface area contributed by atoms with E-state index in [0.717, 1.165) is 131 Å². The van der Waals surface area contributed by atoms with Crippen LogP contribution in [0.2, 0.25) is 0 Å². The van der Waals surface area contributed by atoms with Crippen LogP contribution < -0.4 is 4.90 Å². The average molecular weight is 671 g/mol. The van der Waals surface area contributed by atoms with E-state index in [1.165, 1.54) is 5.69 Å². The van der Waals surface area contributed by atoms with Crippen LogP contribution in [0.25, 0.3) is 11.4 Å². The summed E-state index contributed by atoms with van der Waals surface area (Å²) in [6, 6.07) is 4.49. The molecule has 2 fully saturated rings. The van der Waals surface area contributed by atoms with Gasteiger partial charge >= 0.3 is 6.09 Å². The van der Waals surface area contributed by atoms with E-state index in [9.17, 15) is 9.59 Å². The number of piperidine rings is 1. The Morgan fingerprint density at radius 3 is 2.47 bits per heavy atom. The van der Waals surface area contributed by atoms with Crippen molar-refractivity contribution in [2.24, 2.45) is 5.92 Å². The van der Waals surface area contributed by atoms with E-state index in [0.29, 0.717) is 24.3 Å². The molecule has 0 spiro atoms. The Kier molecular flexibility index (Phi) is 9.59. The Hall–Kier alpha value is -4.06. The van der Waals surface area contributed by atoms with Crippen LogP contribution in [0.4, 0.5) is 16.3 Å². The Morgan fingerprint density at radius 1 is 0.959 bits per heavy atom. The predicted octanol–water partition coefficient (Wildman–Crippen LogP) is 5.66. The second-order valence-electron chi connectivity index (χ2n) is 15.0.